The van der Waals surface area contributed by atoms with Crippen molar-refractivity contribution in [1.82, 2.24) is 0 Å². The summed E-state index contributed by atoms with van der Waals surface area (Å²) in [5, 5.41) is 16.8. The average molecular weight is 585 g/mol. The van der Waals surface area contributed by atoms with Gasteiger partial charge in [-0.1, -0.05) is 67.1 Å². The second-order valence-electron chi connectivity index (χ2n) is 7.99. The van der Waals surface area contributed by atoms with Crippen LogP contribution in [0.25, 0.3) is 0 Å². The predicted molar refractivity (Wildman–Crippen MR) is 167 cm³/mol. The number of aliphatic hydroxyl groups is 2. The minimum absolute atomic E-state index is 0.176. The zero-order valence-electron chi connectivity index (χ0n) is 23.2. The van der Waals surface area contributed by atoms with E-state index in [1.54, 1.807) is 68.5 Å². The highest BCUT2D eigenvalue weighted by Crippen LogP contribution is 2.10. The Bertz CT molecular complexity index is 1030. The van der Waals surface area contributed by atoms with Crippen molar-refractivity contribution in [2.45, 2.75) is 51.7 Å². The fourth-order valence-corrected chi connectivity index (χ4v) is 2.53. The molecule has 216 valence electrons. The average Bonchev–Trinajstić information content (AvgIpc) is 3.00. The van der Waals surface area contributed by atoms with Gasteiger partial charge < -0.3 is 19.7 Å². The highest BCUT2D eigenvalue weighted by Gasteiger charge is 2.12. The van der Waals surface area contributed by atoms with Crippen molar-refractivity contribution in [2.24, 2.45) is 0 Å². The maximum atomic E-state index is 11.8. The molecule has 2 aromatic carbocycles. The van der Waals surface area contributed by atoms with Crippen molar-refractivity contribution in [3.05, 3.63) is 109 Å². The predicted octanol–water partition coefficient (Wildman–Crippen LogP) is 5.92. The van der Waals surface area contributed by atoms with Crippen LogP contribution in [0.15, 0.2) is 97.6 Å². The minimum Gasteiger partial charge on any atom is -0.454 e. The number of unbranched alkanes of at least 4 members (excludes halogenated alkanes) is 2. The number of aliphatic hydroxyl groups excluding tert-OH is 2. The minimum atomic E-state index is -0.479. The second kappa shape index (κ2) is 27.1. The molecule has 2 N–H and O–H groups in total. The highest BCUT2D eigenvalue weighted by molar-refractivity contribution is 8.07. The molecule has 8 heteroatoms. The first-order valence-corrected chi connectivity index (χ1v) is 14.0. The first kappa shape index (κ1) is 38.7. The molecule has 0 aromatic heterocycles. The zero-order chi connectivity index (χ0) is 30.6. The second-order valence-corrected chi connectivity index (χ2v) is 7.99. The van der Waals surface area contributed by atoms with Gasteiger partial charge in [-0.05, 0) is 69.4 Å². The molecule has 2 aromatic rings. The van der Waals surface area contributed by atoms with Crippen LogP contribution >= 0.6 is 0 Å². The molecule has 0 fully saturated rings. The summed E-state index contributed by atoms with van der Waals surface area (Å²) in [7, 11) is 0. The third-order valence-corrected chi connectivity index (χ3v) is 4.77. The number of allylic oxidation sites excluding steroid dienone is 2. The van der Waals surface area contributed by atoms with E-state index in [4.69, 9.17) is 26.1 Å². The van der Waals surface area contributed by atoms with Gasteiger partial charge in [0.25, 0.3) is 0 Å². The number of carbonyl (C=O) groups excluding carboxylic acids is 2. The SMILES string of the molecule is C#CC(C)OC(=O)c1ccccc1.C=C(C=CCCCO)C(C)OC(=O)c1ccccc1.C=CCCCO.S=S. The molecule has 0 saturated heterocycles. The Kier molecular flexibility index (Phi) is 26.2. The number of ether oxygens (including phenoxy) is 2. The Morgan fingerprint density at radius 1 is 0.900 bits per heavy atom. The van der Waals surface area contributed by atoms with Crippen molar-refractivity contribution in [1.29, 1.82) is 0 Å². The first-order valence-electron chi connectivity index (χ1n) is 12.6. The maximum Gasteiger partial charge on any atom is 0.339 e. The number of hydrogen-bond donors (Lipinski definition) is 2. The number of esters is 2. The van der Waals surface area contributed by atoms with Gasteiger partial charge in [-0.2, -0.15) is 0 Å². The summed E-state index contributed by atoms with van der Waals surface area (Å²) in [6.07, 6.45) is 13.1. The molecule has 0 amide bonds. The summed E-state index contributed by atoms with van der Waals surface area (Å²) in [6, 6.07) is 17.6. The number of rotatable bonds is 12. The van der Waals surface area contributed by atoms with Crippen LogP contribution in [0.3, 0.4) is 0 Å². The summed E-state index contributed by atoms with van der Waals surface area (Å²) in [5.41, 5.74) is 1.79. The molecule has 2 unspecified atom stereocenters. The lowest BCUT2D eigenvalue weighted by molar-refractivity contribution is 0.0409. The smallest absolute Gasteiger partial charge is 0.339 e. The van der Waals surface area contributed by atoms with Crippen molar-refractivity contribution in [2.75, 3.05) is 13.2 Å². The third-order valence-electron chi connectivity index (χ3n) is 4.77. The van der Waals surface area contributed by atoms with E-state index in [9.17, 15) is 9.59 Å². The van der Waals surface area contributed by atoms with Crippen LogP contribution in [-0.4, -0.2) is 47.6 Å². The van der Waals surface area contributed by atoms with Gasteiger partial charge in [0, 0.05) is 35.6 Å². The normalized spacial score (nSPS) is 10.9. The van der Waals surface area contributed by atoms with Crippen LogP contribution in [0, 0.1) is 12.3 Å². The number of benzene rings is 2. The summed E-state index contributed by atoms with van der Waals surface area (Å²) < 4.78 is 10.2. The number of hydrogen-bond acceptors (Lipinski definition) is 8. The van der Waals surface area contributed by atoms with Crippen LogP contribution in [0.5, 0.6) is 0 Å². The molecule has 0 saturated carbocycles. The topological polar surface area (TPSA) is 93.1 Å². The van der Waals surface area contributed by atoms with Crippen LogP contribution < -0.4 is 0 Å². The largest absolute Gasteiger partial charge is 0.454 e. The van der Waals surface area contributed by atoms with Crippen LogP contribution in [0.2, 0.25) is 0 Å². The Balaban J connectivity index is 0. The van der Waals surface area contributed by atoms with Crippen LogP contribution in [0.1, 0.15) is 60.2 Å². The molecular formula is C32H40O6S2. The summed E-state index contributed by atoms with van der Waals surface area (Å²) >= 11 is 7.33. The van der Waals surface area contributed by atoms with E-state index < -0.39 is 6.10 Å². The molecule has 0 aliphatic rings. The van der Waals surface area contributed by atoms with Gasteiger partial charge in [-0.3, -0.25) is 0 Å². The molecule has 0 heterocycles. The Morgan fingerprint density at radius 3 is 1.75 bits per heavy atom. The van der Waals surface area contributed by atoms with E-state index in [-0.39, 0.29) is 31.3 Å². The fourth-order valence-electron chi connectivity index (χ4n) is 2.53. The van der Waals surface area contributed by atoms with Crippen molar-refractivity contribution in [3.8, 4) is 12.3 Å². The van der Waals surface area contributed by atoms with Crippen LogP contribution in [0.4, 0.5) is 0 Å². The first-order chi connectivity index (χ1) is 19.3. The van der Waals surface area contributed by atoms with E-state index in [1.807, 2.05) is 24.3 Å². The van der Waals surface area contributed by atoms with E-state index in [0.29, 0.717) is 11.1 Å². The van der Waals surface area contributed by atoms with Gasteiger partial charge in [0.05, 0.1) is 11.1 Å². The quantitative estimate of drug-likeness (QED) is 0.104. The molecule has 6 nitrogen and oxygen atoms in total. The van der Waals surface area contributed by atoms with E-state index in [1.165, 1.54) is 0 Å². The summed E-state index contributed by atoms with van der Waals surface area (Å²) in [4.78, 5) is 23.1. The molecule has 0 aliphatic heterocycles. The number of carbonyl (C=O) groups is 2. The van der Waals surface area contributed by atoms with E-state index in [0.717, 1.165) is 31.3 Å². The van der Waals surface area contributed by atoms with Gasteiger partial charge >= 0.3 is 11.9 Å². The van der Waals surface area contributed by atoms with E-state index >= 15 is 0 Å². The van der Waals surface area contributed by atoms with Gasteiger partial charge in [-0.15, -0.1) is 13.0 Å². The third kappa shape index (κ3) is 20.5. The van der Waals surface area contributed by atoms with Crippen molar-refractivity contribution in [3.63, 3.8) is 0 Å². The maximum absolute atomic E-state index is 11.8. The monoisotopic (exact) mass is 584 g/mol. The number of terminal acetylenes is 1. The van der Waals surface area contributed by atoms with Crippen LogP contribution in [-0.2, 0) is 31.8 Å². The molecule has 0 bridgehead atoms. The Morgan fingerprint density at radius 2 is 1.35 bits per heavy atom. The molecule has 0 radical (unpaired) electrons. The lowest BCUT2D eigenvalue weighted by Gasteiger charge is -2.13. The molecule has 0 spiro atoms. The van der Waals surface area contributed by atoms with Gasteiger partial charge in [0.1, 0.15) is 6.10 Å². The van der Waals surface area contributed by atoms with Gasteiger partial charge in [0.15, 0.2) is 6.10 Å². The Labute approximate surface area is 249 Å². The Hall–Kier alpha value is -3.48. The lowest BCUT2D eigenvalue weighted by Crippen LogP contribution is -2.16. The standard InChI is InChI=1S/C16H20O3.C11H10O2.C5H10O.S2/c1-13(9-5-4-8-12-17)14(2)19-16(18)15-10-6-3-7-11-15;1-3-9(2)13-11(12)10-7-5-4-6-8-10;1-2-3-4-5-6;1-2/h3,5-7,9-11,14,17H,1,4,8,12H2,2H3;1,4-9H,2H3;2,6H,1,3-5H2;. The molecule has 2 atom stereocenters. The fraction of sp³-hybridized carbons (Fsp3) is 0.312. The molecule has 2 rings (SSSR count). The molecule has 0 aliphatic carbocycles. The molecule has 40 heavy (non-hydrogen) atoms. The van der Waals surface area contributed by atoms with Crippen molar-refractivity contribution >= 4 is 34.3 Å². The highest BCUT2D eigenvalue weighted by atomic mass is 32.8. The lowest BCUT2D eigenvalue weighted by atomic mass is 10.1. The zero-order valence-corrected chi connectivity index (χ0v) is 24.9. The summed E-state index contributed by atoms with van der Waals surface area (Å²) in [6.45, 7) is 11.3. The summed E-state index contributed by atoms with van der Waals surface area (Å²) in [5.74, 6) is 1.59. The van der Waals surface area contributed by atoms with Gasteiger partial charge in [0.2, 0.25) is 0 Å². The van der Waals surface area contributed by atoms with Gasteiger partial charge in [-0.25, -0.2) is 9.59 Å². The van der Waals surface area contributed by atoms with E-state index in [2.05, 4.69) is 41.5 Å². The molecular weight excluding hydrogens is 544 g/mol. The van der Waals surface area contributed by atoms with Crippen molar-refractivity contribution < 1.29 is 29.3 Å².